The van der Waals surface area contributed by atoms with E-state index in [1.807, 2.05) is 36.4 Å². The van der Waals surface area contributed by atoms with Crippen molar-refractivity contribution in [3.8, 4) is 17.2 Å². The Labute approximate surface area is 179 Å². The first-order chi connectivity index (χ1) is 15.0. The van der Waals surface area contributed by atoms with E-state index in [0.717, 1.165) is 16.5 Å². The molecular formula is C24H21N5O2. The molecule has 0 aliphatic carbocycles. The fourth-order valence-electron chi connectivity index (χ4n) is 3.96. The zero-order valence-corrected chi connectivity index (χ0v) is 17.2. The highest BCUT2D eigenvalue weighted by Crippen LogP contribution is 2.41. The number of aliphatic imine (C=N–C) groups is 1. The molecule has 31 heavy (non-hydrogen) atoms. The van der Waals surface area contributed by atoms with Crippen molar-refractivity contribution in [2.24, 2.45) is 16.6 Å². The van der Waals surface area contributed by atoms with Crippen molar-refractivity contribution < 1.29 is 9.53 Å². The Balaban J connectivity index is 1.95. The minimum Gasteiger partial charge on any atom is -0.465 e. The number of hydrogen-bond donors (Lipinski definition) is 1. The molecule has 0 radical (unpaired) electrons. The predicted octanol–water partition coefficient (Wildman–Crippen LogP) is 3.73. The number of carbonyl (C=O) groups is 1. The van der Waals surface area contributed by atoms with Crippen molar-refractivity contribution in [2.75, 3.05) is 6.61 Å². The number of aromatic nitrogens is 2. The van der Waals surface area contributed by atoms with Crippen LogP contribution >= 0.6 is 0 Å². The highest BCUT2D eigenvalue weighted by atomic mass is 16.5. The number of benzene rings is 1. The van der Waals surface area contributed by atoms with Gasteiger partial charge < -0.3 is 10.5 Å². The Morgan fingerprint density at radius 2 is 1.97 bits per heavy atom. The Bertz CT molecular complexity index is 1260. The van der Waals surface area contributed by atoms with Gasteiger partial charge in [0.2, 0.25) is 0 Å². The first-order valence-electron chi connectivity index (χ1n) is 9.95. The molecule has 0 spiro atoms. The number of ether oxygens (including phenoxy) is 1. The van der Waals surface area contributed by atoms with Crippen LogP contribution in [-0.2, 0) is 9.53 Å². The van der Waals surface area contributed by atoms with E-state index in [2.05, 4.69) is 21.0 Å². The summed E-state index contributed by atoms with van der Waals surface area (Å²) in [6.07, 6.45) is 5.11. The molecule has 7 heteroatoms. The third kappa shape index (κ3) is 3.64. The van der Waals surface area contributed by atoms with Crippen LogP contribution in [0.2, 0.25) is 0 Å². The van der Waals surface area contributed by atoms with Crippen LogP contribution in [0.15, 0.2) is 71.3 Å². The van der Waals surface area contributed by atoms with E-state index in [1.54, 1.807) is 32.4 Å². The van der Waals surface area contributed by atoms with Crippen LogP contribution in [0.25, 0.3) is 22.0 Å². The molecule has 3 heterocycles. The maximum Gasteiger partial charge on any atom is 0.317 e. The molecule has 0 bridgehead atoms. The third-order valence-corrected chi connectivity index (χ3v) is 5.39. The number of nitrogens with two attached hydrogens (primary N) is 1. The molecule has 0 fully saturated rings. The van der Waals surface area contributed by atoms with Crippen LogP contribution < -0.4 is 5.73 Å². The second-order valence-electron chi connectivity index (χ2n) is 7.24. The molecule has 4 rings (SSSR count). The van der Waals surface area contributed by atoms with Crippen LogP contribution in [0.3, 0.4) is 0 Å². The van der Waals surface area contributed by atoms with E-state index in [0.29, 0.717) is 22.4 Å². The number of hydrogen-bond acceptors (Lipinski definition) is 7. The number of amidine groups is 1. The average Bonchev–Trinajstić information content (AvgIpc) is 2.78. The second-order valence-corrected chi connectivity index (χ2v) is 7.24. The van der Waals surface area contributed by atoms with Gasteiger partial charge in [-0.1, -0.05) is 30.3 Å². The van der Waals surface area contributed by atoms with Crippen molar-refractivity contribution in [3.05, 3.63) is 71.8 Å². The molecule has 0 saturated heterocycles. The van der Waals surface area contributed by atoms with Crippen LogP contribution in [0.1, 0.15) is 25.3 Å². The van der Waals surface area contributed by atoms with Gasteiger partial charge in [-0.25, -0.2) is 4.99 Å². The molecular weight excluding hydrogens is 390 g/mol. The quantitative estimate of drug-likeness (QED) is 0.654. The van der Waals surface area contributed by atoms with Gasteiger partial charge in [-0.3, -0.25) is 14.8 Å². The number of nitriles is 1. The summed E-state index contributed by atoms with van der Waals surface area (Å²) in [4.78, 5) is 26.0. The summed E-state index contributed by atoms with van der Waals surface area (Å²) in [6, 6.07) is 14.1. The molecule has 2 unspecified atom stereocenters. The Kier molecular flexibility index (Phi) is 5.46. The van der Waals surface area contributed by atoms with Crippen LogP contribution in [-0.4, -0.2) is 28.4 Å². The smallest absolute Gasteiger partial charge is 0.317 e. The lowest BCUT2D eigenvalue weighted by molar-refractivity contribution is -0.146. The standard InChI is InChI=1S/C24H21N5O2/c1-3-31-24(30)22-21(18(10-25)14(2)29-23(22)26)19-12-27-13-20-17(19)9-16(11-28-20)15-7-5-4-6-8-15/h4-9,11-13,21-22H,3H2,1-2H3,(H2,26,29). The van der Waals surface area contributed by atoms with Gasteiger partial charge in [-0.15, -0.1) is 0 Å². The van der Waals surface area contributed by atoms with Crippen molar-refractivity contribution in [1.82, 2.24) is 9.97 Å². The first-order valence-corrected chi connectivity index (χ1v) is 9.95. The van der Waals surface area contributed by atoms with E-state index in [1.165, 1.54) is 0 Å². The van der Waals surface area contributed by atoms with E-state index in [-0.39, 0.29) is 12.4 Å². The highest BCUT2D eigenvalue weighted by Gasteiger charge is 2.41. The maximum atomic E-state index is 12.8. The van der Waals surface area contributed by atoms with E-state index in [4.69, 9.17) is 10.5 Å². The lowest BCUT2D eigenvalue weighted by Gasteiger charge is -2.29. The van der Waals surface area contributed by atoms with Gasteiger partial charge in [0.1, 0.15) is 11.8 Å². The van der Waals surface area contributed by atoms with Crippen LogP contribution in [0.4, 0.5) is 0 Å². The summed E-state index contributed by atoms with van der Waals surface area (Å²) >= 11 is 0. The average molecular weight is 411 g/mol. The molecule has 0 saturated carbocycles. The van der Waals surface area contributed by atoms with Gasteiger partial charge in [0.25, 0.3) is 0 Å². The minimum absolute atomic E-state index is 0.129. The number of pyridine rings is 2. The third-order valence-electron chi connectivity index (χ3n) is 5.39. The number of fused-ring (bicyclic) bond motifs is 1. The summed E-state index contributed by atoms with van der Waals surface area (Å²) in [5, 5.41) is 10.7. The molecule has 2 N–H and O–H groups in total. The largest absolute Gasteiger partial charge is 0.465 e. The molecule has 2 aromatic heterocycles. The van der Waals surface area contributed by atoms with Gasteiger partial charge in [0.05, 0.1) is 35.7 Å². The summed E-state index contributed by atoms with van der Waals surface area (Å²) in [6.45, 7) is 3.64. The van der Waals surface area contributed by atoms with E-state index in [9.17, 15) is 10.1 Å². The molecule has 7 nitrogen and oxygen atoms in total. The number of nitrogens with zero attached hydrogens (tertiary/aromatic N) is 4. The molecule has 0 amide bonds. The lowest BCUT2D eigenvalue weighted by Crippen LogP contribution is -2.39. The second kappa shape index (κ2) is 8.36. The summed E-state index contributed by atoms with van der Waals surface area (Å²) in [5.41, 5.74) is 10.3. The molecule has 1 aromatic carbocycles. The monoisotopic (exact) mass is 411 g/mol. The number of rotatable bonds is 4. The van der Waals surface area contributed by atoms with Gasteiger partial charge >= 0.3 is 5.97 Å². The normalized spacial score (nSPS) is 18.4. The summed E-state index contributed by atoms with van der Waals surface area (Å²) < 4.78 is 5.27. The van der Waals surface area contributed by atoms with Crippen molar-refractivity contribution >= 4 is 22.7 Å². The van der Waals surface area contributed by atoms with Crippen LogP contribution in [0.5, 0.6) is 0 Å². The van der Waals surface area contributed by atoms with Crippen molar-refractivity contribution in [2.45, 2.75) is 19.8 Å². The number of allylic oxidation sites excluding steroid dienone is 2. The van der Waals surface area contributed by atoms with Crippen molar-refractivity contribution in [1.29, 1.82) is 5.26 Å². The topological polar surface area (TPSA) is 114 Å². The summed E-state index contributed by atoms with van der Waals surface area (Å²) in [5.74, 6) is -1.96. The molecule has 1 aliphatic heterocycles. The van der Waals surface area contributed by atoms with Gasteiger partial charge in [-0.2, -0.15) is 5.26 Å². The fourth-order valence-corrected chi connectivity index (χ4v) is 3.96. The van der Waals surface area contributed by atoms with Gasteiger partial charge in [-0.05, 0) is 31.0 Å². The molecule has 2 atom stereocenters. The van der Waals surface area contributed by atoms with Crippen molar-refractivity contribution in [3.63, 3.8) is 0 Å². The molecule has 1 aliphatic rings. The SMILES string of the molecule is CCOC(=O)C1C(N)=NC(C)=C(C#N)C1c1cncc2ncc(-c3ccccc3)cc12. The maximum absolute atomic E-state index is 12.8. The number of esters is 1. The van der Waals surface area contributed by atoms with E-state index >= 15 is 0 Å². The predicted molar refractivity (Wildman–Crippen MR) is 118 cm³/mol. The lowest BCUT2D eigenvalue weighted by atomic mass is 9.77. The van der Waals surface area contributed by atoms with Gasteiger partial charge in [0.15, 0.2) is 0 Å². The number of carbonyl (C=O) groups excluding carboxylic acids is 1. The molecule has 154 valence electrons. The molecule has 3 aromatic rings. The van der Waals surface area contributed by atoms with E-state index < -0.39 is 17.8 Å². The Morgan fingerprint density at radius 1 is 1.19 bits per heavy atom. The Morgan fingerprint density at radius 3 is 2.68 bits per heavy atom. The zero-order chi connectivity index (χ0) is 22.0. The minimum atomic E-state index is -0.911. The van der Waals surface area contributed by atoms with Crippen LogP contribution in [0, 0.1) is 17.2 Å². The highest BCUT2D eigenvalue weighted by molar-refractivity contribution is 6.04. The fraction of sp³-hybridized carbons (Fsp3) is 0.208. The van der Waals surface area contributed by atoms with Gasteiger partial charge in [0, 0.05) is 29.3 Å². The Hall–Kier alpha value is -4.05. The summed E-state index contributed by atoms with van der Waals surface area (Å²) in [7, 11) is 0. The first kappa shape index (κ1) is 20.2. The zero-order valence-electron chi connectivity index (χ0n) is 17.2.